The highest BCUT2D eigenvalue weighted by molar-refractivity contribution is 5.95. The van der Waals surface area contributed by atoms with Crippen molar-refractivity contribution in [2.45, 2.75) is 38.5 Å². The molecule has 3 heterocycles. The SMILES string of the molecule is CC1(C)O/C(=C2\c3ccc(F)cc3NC2O)C=C1c1ccc(C(=O)N2CCC(CO)CC2)cc1. The second kappa shape index (κ2) is 8.56. The number of aliphatic hydroxyl groups excluding tert-OH is 2. The summed E-state index contributed by atoms with van der Waals surface area (Å²) < 4.78 is 19.9. The molecule has 0 aromatic heterocycles. The highest BCUT2D eigenvalue weighted by atomic mass is 19.1. The van der Waals surface area contributed by atoms with Gasteiger partial charge in [-0.3, -0.25) is 4.79 Å². The Morgan fingerprint density at radius 1 is 1.18 bits per heavy atom. The first kappa shape index (κ1) is 22.6. The van der Waals surface area contributed by atoms with Gasteiger partial charge in [-0.15, -0.1) is 0 Å². The van der Waals surface area contributed by atoms with Crippen LogP contribution in [-0.2, 0) is 4.74 Å². The number of likely N-dealkylation sites (tertiary alicyclic amines) is 1. The molecular weight excluding hydrogens is 435 g/mol. The van der Waals surface area contributed by atoms with Crippen LogP contribution in [0.4, 0.5) is 10.1 Å². The second-order valence-corrected chi connectivity index (χ2v) is 9.68. The minimum Gasteiger partial charge on any atom is -0.483 e. The largest absolute Gasteiger partial charge is 0.483 e. The van der Waals surface area contributed by atoms with Gasteiger partial charge in [0.15, 0.2) is 6.23 Å². The van der Waals surface area contributed by atoms with Crippen molar-refractivity contribution in [1.29, 1.82) is 0 Å². The molecule has 0 saturated carbocycles. The molecule has 1 unspecified atom stereocenters. The Kier molecular flexibility index (Phi) is 5.70. The number of ether oxygens (including phenoxy) is 1. The molecule has 2 aromatic carbocycles. The maximum Gasteiger partial charge on any atom is 0.253 e. The molecule has 0 aliphatic carbocycles. The molecule has 7 heteroatoms. The van der Waals surface area contributed by atoms with Gasteiger partial charge in [0.25, 0.3) is 5.91 Å². The van der Waals surface area contributed by atoms with Crippen LogP contribution in [0.2, 0.25) is 0 Å². The maximum atomic E-state index is 13.6. The molecule has 3 N–H and O–H groups in total. The van der Waals surface area contributed by atoms with E-state index in [4.69, 9.17) is 4.74 Å². The van der Waals surface area contributed by atoms with Crippen molar-refractivity contribution in [3.63, 3.8) is 0 Å². The number of amides is 1. The van der Waals surface area contributed by atoms with Crippen molar-refractivity contribution in [1.82, 2.24) is 4.90 Å². The number of piperidine rings is 1. The Bertz CT molecular complexity index is 1180. The number of nitrogens with one attached hydrogen (secondary N) is 1. The van der Waals surface area contributed by atoms with Gasteiger partial charge in [0.2, 0.25) is 0 Å². The van der Waals surface area contributed by atoms with Gasteiger partial charge in [-0.2, -0.15) is 0 Å². The Hall–Kier alpha value is -3.16. The van der Waals surface area contributed by atoms with Crippen molar-refractivity contribution in [3.8, 4) is 0 Å². The molecular formula is C27H29FN2O4. The molecule has 6 nitrogen and oxygen atoms in total. The normalized spacial score (nSPS) is 23.9. The zero-order chi connectivity index (χ0) is 24.0. The number of halogens is 1. The van der Waals surface area contributed by atoms with E-state index in [2.05, 4.69) is 5.32 Å². The topological polar surface area (TPSA) is 82.0 Å². The van der Waals surface area contributed by atoms with Crippen molar-refractivity contribution < 1.29 is 24.1 Å². The maximum absolute atomic E-state index is 13.6. The zero-order valence-electron chi connectivity index (χ0n) is 19.3. The fourth-order valence-electron chi connectivity index (χ4n) is 5.03. The van der Waals surface area contributed by atoms with Gasteiger partial charge in [-0.25, -0.2) is 4.39 Å². The minimum atomic E-state index is -0.992. The fourth-order valence-corrected chi connectivity index (χ4v) is 5.03. The van der Waals surface area contributed by atoms with E-state index in [1.165, 1.54) is 12.1 Å². The standard InChI is InChI=1S/C27H29FN2O4/c1-27(2)21(14-23(34-27)24-20-8-7-19(28)13-22(20)29-25(24)32)17-3-5-18(6-4-17)26(33)30-11-9-16(15-31)10-12-30/h3-8,13-14,16,25,29,31-32H,9-12,15H2,1-2H3/b24-23+. The smallest absolute Gasteiger partial charge is 0.253 e. The molecule has 3 aliphatic heterocycles. The summed E-state index contributed by atoms with van der Waals surface area (Å²) in [7, 11) is 0. The van der Waals surface area contributed by atoms with Crippen LogP contribution in [0.5, 0.6) is 0 Å². The van der Waals surface area contributed by atoms with Gasteiger partial charge < -0.3 is 25.2 Å². The van der Waals surface area contributed by atoms with Crippen LogP contribution in [-0.4, -0.2) is 52.5 Å². The summed E-state index contributed by atoms with van der Waals surface area (Å²) in [4.78, 5) is 14.8. The van der Waals surface area contributed by atoms with Gasteiger partial charge in [0.05, 0.1) is 5.57 Å². The molecule has 178 valence electrons. The van der Waals surface area contributed by atoms with Crippen molar-refractivity contribution in [2.24, 2.45) is 5.92 Å². The summed E-state index contributed by atoms with van der Waals surface area (Å²) in [5.41, 5.74) is 3.66. The highest BCUT2D eigenvalue weighted by Gasteiger charge is 2.38. The Balaban J connectivity index is 1.41. The van der Waals surface area contributed by atoms with Crippen LogP contribution < -0.4 is 5.32 Å². The number of allylic oxidation sites excluding steroid dienone is 1. The molecule has 0 spiro atoms. The van der Waals surface area contributed by atoms with Gasteiger partial charge >= 0.3 is 0 Å². The lowest BCUT2D eigenvalue weighted by molar-refractivity contribution is 0.0651. The van der Waals surface area contributed by atoms with Crippen LogP contribution in [0.1, 0.15) is 48.2 Å². The fraction of sp³-hybridized carbons (Fsp3) is 0.370. The minimum absolute atomic E-state index is 0.00523. The lowest BCUT2D eigenvalue weighted by Gasteiger charge is -2.31. The predicted molar refractivity (Wildman–Crippen MR) is 128 cm³/mol. The number of hydrogen-bond acceptors (Lipinski definition) is 5. The number of benzene rings is 2. The van der Waals surface area contributed by atoms with Crippen LogP contribution in [0, 0.1) is 11.7 Å². The van der Waals surface area contributed by atoms with Crippen LogP contribution in [0.15, 0.2) is 54.3 Å². The summed E-state index contributed by atoms with van der Waals surface area (Å²) in [6.45, 7) is 5.42. The van der Waals surface area contributed by atoms with Crippen molar-refractivity contribution in [3.05, 3.63) is 76.8 Å². The van der Waals surface area contributed by atoms with Gasteiger partial charge in [-0.1, -0.05) is 12.1 Å². The molecule has 1 saturated heterocycles. The molecule has 5 rings (SSSR count). The average molecular weight is 465 g/mol. The third-order valence-electron chi connectivity index (χ3n) is 6.99. The van der Waals surface area contributed by atoms with Crippen LogP contribution in [0.25, 0.3) is 11.1 Å². The summed E-state index contributed by atoms with van der Waals surface area (Å²) in [5.74, 6) is 0.453. The van der Waals surface area contributed by atoms with Gasteiger partial charge in [-0.05, 0) is 74.6 Å². The highest BCUT2D eigenvalue weighted by Crippen LogP contribution is 2.45. The summed E-state index contributed by atoms with van der Waals surface area (Å²) >= 11 is 0. The first-order chi connectivity index (χ1) is 16.3. The van der Waals surface area contributed by atoms with E-state index in [0.717, 1.165) is 24.0 Å². The van der Waals surface area contributed by atoms with E-state index in [0.29, 0.717) is 41.2 Å². The number of carbonyl (C=O) groups excluding carboxylic acids is 1. The Morgan fingerprint density at radius 2 is 1.88 bits per heavy atom. The van der Waals surface area contributed by atoms with Crippen LogP contribution in [0.3, 0.4) is 0 Å². The van der Waals surface area contributed by atoms with E-state index in [9.17, 15) is 19.4 Å². The Morgan fingerprint density at radius 3 is 2.56 bits per heavy atom. The van der Waals surface area contributed by atoms with E-state index < -0.39 is 11.8 Å². The van der Waals surface area contributed by atoms with Gasteiger partial charge in [0.1, 0.15) is 17.2 Å². The van der Waals surface area contributed by atoms with E-state index in [1.54, 1.807) is 6.07 Å². The second-order valence-electron chi connectivity index (χ2n) is 9.68. The third-order valence-corrected chi connectivity index (χ3v) is 6.99. The van der Waals surface area contributed by atoms with Gasteiger partial charge in [0, 0.05) is 42.1 Å². The van der Waals surface area contributed by atoms with E-state index in [-0.39, 0.29) is 24.2 Å². The molecule has 3 aliphatic rings. The molecule has 0 radical (unpaired) electrons. The van der Waals surface area contributed by atoms with Crippen molar-refractivity contribution >= 4 is 22.7 Å². The lowest BCUT2D eigenvalue weighted by Crippen LogP contribution is -2.39. The van der Waals surface area contributed by atoms with Crippen molar-refractivity contribution in [2.75, 3.05) is 25.0 Å². The first-order valence-electron chi connectivity index (χ1n) is 11.7. The lowest BCUT2D eigenvalue weighted by atomic mass is 9.91. The number of rotatable bonds is 3. The van der Waals surface area contributed by atoms with Crippen LogP contribution >= 0.6 is 0 Å². The number of aliphatic hydroxyl groups is 2. The quantitative estimate of drug-likeness (QED) is 0.639. The summed E-state index contributed by atoms with van der Waals surface area (Å²) in [6.07, 6.45) is 2.57. The predicted octanol–water partition coefficient (Wildman–Crippen LogP) is 4.02. The molecule has 34 heavy (non-hydrogen) atoms. The summed E-state index contributed by atoms with van der Waals surface area (Å²) in [5, 5.41) is 22.8. The third kappa shape index (κ3) is 3.99. The monoisotopic (exact) mass is 464 g/mol. The average Bonchev–Trinajstić information content (AvgIpc) is 3.32. The first-order valence-corrected chi connectivity index (χ1v) is 11.7. The molecule has 2 aromatic rings. The van der Waals surface area contributed by atoms with E-state index >= 15 is 0 Å². The molecule has 1 fully saturated rings. The molecule has 0 bridgehead atoms. The molecule has 1 amide bonds. The number of hydrogen-bond donors (Lipinski definition) is 3. The van der Waals surface area contributed by atoms with E-state index in [1.807, 2.05) is 49.1 Å². The Labute approximate surface area is 198 Å². The number of anilines is 1. The number of carbonyl (C=O) groups is 1. The zero-order valence-corrected chi connectivity index (χ0v) is 19.3. The number of nitrogens with zero attached hydrogens (tertiary/aromatic N) is 1. The molecule has 1 atom stereocenters. The number of fused-ring (bicyclic) bond motifs is 1. The summed E-state index contributed by atoms with van der Waals surface area (Å²) in [6, 6.07) is 11.9.